The number of anilines is 1. The fourth-order valence-corrected chi connectivity index (χ4v) is 1.78. The van der Waals surface area contributed by atoms with Crippen LogP contribution in [0, 0.1) is 0 Å². The van der Waals surface area contributed by atoms with Gasteiger partial charge in [0.05, 0.1) is 27.6 Å². The zero-order valence-electron chi connectivity index (χ0n) is 7.92. The molecule has 0 aliphatic carbocycles. The molecule has 3 nitrogen and oxygen atoms in total. The molecule has 0 aliphatic heterocycles. The van der Waals surface area contributed by atoms with Crippen molar-refractivity contribution in [2.24, 2.45) is 0 Å². The number of nitrogens with zero attached hydrogens (tertiary/aromatic N) is 2. The maximum Gasteiger partial charge on any atom is 0.256 e. The molecular weight excluding hydrogens is 259 g/mol. The molecule has 2 rings (SSSR count). The van der Waals surface area contributed by atoms with Gasteiger partial charge in [-0.05, 0) is 12.1 Å². The van der Waals surface area contributed by atoms with Gasteiger partial charge in [-0.2, -0.15) is 0 Å². The van der Waals surface area contributed by atoms with E-state index in [1.165, 1.54) is 16.7 Å². The van der Waals surface area contributed by atoms with Crippen LogP contribution in [0.3, 0.4) is 0 Å². The molecule has 0 saturated carbocycles. The highest BCUT2D eigenvalue weighted by atomic mass is 35.5. The molecule has 2 N–H and O–H groups in total. The molecule has 0 bridgehead atoms. The van der Waals surface area contributed by atoms with Crippen LogP contribution in [0.4, 0.5) is 14.7 Å². The Morgan fingerprint density at radius 1 is 1.31 bits per heavy atom. The van der Waals surface area contributed by atoms with Crippen LogP contribution in [0.25, 0.3) is 11.0 Å². The van der Waals surface area contributed by atoms with Crippen LogP contribution in [0.2, 0.25) is 10.0 Å². The molecule has 0 spiro atoms. The number of nitrogen functional groups attached to an aromatic ring is 1. The lowest BCUT2D eigenvalue weighted by Crippen LogP contribution is -2.09. The van der Waals surface area contributed by atoms with Crippen molar-refractivity contribution in [3.63, 3.8) is 0 Å². The van der Waals surface area contributed by atoms with Crippen LogP contribution in [-0.4, -0.2) is 16.0 Å². The van der Waals surface area contributed by atoms with Crippen LogP contribution in [-0.2, 0) is 6.54 Å². The molecule has 0 radical (unpaired) electrons. The fourth-order valence-electron chi connectivity index (χ4n) is 1.47. The van der Waals surface area contributed by atoms with Crippen LogP contribution in [0.1, 0.15) is 0 Å². The second kappa shape index (κ2) is 4.07. The van der Waals surface area contributed by atoms with Crippen molar-refractivity contribution < 1.29 is 8.78 Å². The standard InChI is InChI=1S/C9H7Cl2F2N3/c10-4-1-6-7(2-5(4)11)16(3-8(12)13)9(14)15-6/h1-2,8H,3H2,(H2,14,15). The van der Waals surface area contributed by atoms with Gasteiger partial charge in [0.2, 0.25) is 5.95 Å². The van der Waals surface area contributed by atoms with Gasteiger partial charge >= 0.3 is 0 Å². The van der Waals surface area contributed by atoms with Gasteiger partial charge in [0.25, 0.3) is 6.43 Å². The lowest BCUT2D eigenvalue weighted by atomic mass is 10.3. The minimum Gasteiger partial charge on any atom is -0.369 e. The van der Waals surface area contributed by atoms with Crippen LogP contribution >= 0.6 is 23.2 Å². The molecule has 16 heavy (non-hydrogen) atoms. The normalized spacial score (nSPS) is 11.6. The van der Waals surface area contributed by atoms with E-state index in [0.29, 0.717) is 16.1 Å². The van der Waals surface area contributed by atoms with E-state index in [1.54, 1.807) is 0 Å². The summed E-state index contributed by atoms with van der Waals surface area (Å²) in [5, 5.41) is 0.598. The number of benzene rings is 1. The van der Waals surface area contributed by atoms with Crippen molar-refractivity contribution in [2.75, 3.05) is 5.73 Å². The van der Waals surface area contributed by atoms with Gasteiger partial charge in [-0.3, -0.25) is 0 Å². The SMILES string of the molecule is Nc1nc2cc(Cl)c(Cl)cc2n1CC(F)F. The Hall–Kier alpha value is -1.07. The molecule has 2 aromatic rings. The quantitative estimate of drug-likeness (QED) is 0.907. The minimum absolute atomic E-state index is 0.0219. The summed E-state index contributed by atoms with van der Waals surface area (Å²) in [6.45, 7) is -0.514. The van der Waals surface area contributed by atoms with Gasteiger partial charge in [0.15, 0.2) is 0 Å². The Morgan fingerprint density at radius 3 is 2.56 bits per heavy atom. The van der Waals surface area contributed by atoms with E-state index >= 15 is 0 Å². The first-order chi connectivity index (χ1) is 7.49. The molecular formula is C9H7Cl2F2N3. The number of hydrogen-bond acceptors (Lipinski definition) is 2. The maximum atomic E-state index is 12.3. The first kappa shape index (κ1) is 11.4. The van der Waals surface area contributed by atoms with Gasteiger partial charge in [-0.1, -0.05) is 23.2 Å². The number of halogens is 4. The summed E-state index contributed by atoms with van der Waals surface area (Å²) in [6.07, 6.45) is -2.51. The number of rotatable bonds is 2. The van der Waals surface area contributed by atoms with Crippen LogP contribution in [0.15, 0.2) is 12.1 Å². The Morgan fingerprint density at radius 2 is 1.94 bits per heavy atom. The molecule has 0 saturated heterocycles. The molecule has 86 valence electrons. The van der Waals surface area contributed by atoms with Gasteiger partial charge in [-0.15, -0.1) is 0 Å². The lowest BCUT2D eigenvalue weighted by Gasteiger charge is -2.05. The number of hydrogen-bond donors (Lipinski definition) is 1. The van der Waals surface area contributed by atoms with Crippen molar-refractivity contribution in [1.82, 2.24) is 9.55 Å². The van der Waals surface area contributed by atoms with Gasteiger partial charge < -0.3 is 10.3 Å². The number of imidazole rings is 1. The smallest absolute Gasteiger partial charge is 0.256 e. The summed E-state index contributed by atoms with van der Waals surface area (Å²) in [4.78, 5) is 3.93. The fraction of sp³-hybridized carbons (Fsp3) is 0.222. The molecule has 1 aromatic heterocycles. The summed E-state index contributed by atoms with van der Waals surface area (Å²) >= 11 is 11.6. The lowest BCUT2D eigenvalue weighted by molar-refractivity contribution is 0.128. The van der Waals surface area contributed by atoms with Gasteiger partial charge in [-0.25, -0.2) is 13.8 Å². The summed E-state index contributed by atoms with van der Waals surface area (Å²) in [5.74, 6) is 0.0219. The van der Waals surface area contributed by atoms with Crippen molar-refractivity contribution in [3.8, 4) is 0 Å². The van der Waals surface area contributed by atoms with Gasteiger partial charge in [0, 0.05) is 0 Å². The molecule has 0 fully saturated rings. The minimum atomic E-state index is -2.51. The summed E-state index contributed by atoms with van der Waals surface area (Å²) in [6, 6.07) is 2.97. The van der Waals surface area contributed by atoms with E-state index in [9.17, 15) is 8.78 Å². The largest absolute Gasteiger partial charge is 0.369 e. The Bertz CT molecular complexity index is 539. The number of aromatic nitrogens is 2. The summed E-state index contributed by atoms with van der Waals surface area (Å²) in [7, 11) is 0. The molecule has 1 heterocycles. The first-order valence-electron chi connectivity index (χ1n) is 4.38. The third-order valence-electron chi connectivity index (χ3n) is 2.14. The number of alkyl halides is 2. The molecule has 0 atom stereocenters. The predicted molar refractivity (Wildman–Crippen MR) is 60.2 cm³/mol. The third kappa shape index (κ3) is 1.92. The molecule has 0 aliphatic rings. The number of fused-ring (bicyclic) bond motifs is 1. The second-order valence-electron chi connectivity index (χ2n) is 3.23. The van der Waals surface area contributed by atoms with Crippen molar-refractivity contribution in [1.29, 1.82) is 0 Å². The van der Waals surface area contributed by atoms with E-state index in [4.69, 9.17) is 28.9 Å². The topological polar surface area (TPSA) is 43.8 Å². The van der Waals surface area contributed by atoms with E-state index in [1.807, 2.05) is 0 Å². The average molecular weight is 266 g/mol. The predicted octanol–water partition coefficient (Wildman–Crippen LogP) is 3.19. The Balaban J connectivity index is 2.64. The maximum absolute atomic E-state index is 12.3. The highest BCUT2D eigenvalue weighted by Gasteiger charge is 2.14. The number of nitrogens with two attached hydrogens (primary N) is 1. The molecule has 1 aromatic carbocycles. The van der Waals surface area contributed by atoms with Crippen molar-refractivity contribution in [2.45, 2.75) is 13.0 Å². The van der Waals surface area contributed by atoms with Crippen molar-refractivity contribution in [3.05, 3.63) is 22.2 Å². The van der Waals surface area contributed by atoms with Crippen LogP contribution < -0.4 is 5.73 Å². The van der Waals surface area contributed by atoms with E-state index < -0.39 is 13.0 Å². The monoisotopic (exact) mass is 265 g/mol. The third-order valence-corrected chi connectivity index (χ3v) is 2.86. The Labute approximate surface area is 99.8 Å². The van der Waals surface area contributed by atoms with Crippen molar-refractivity contribution >= 4 is 40.2 Å². The molecule has 0 unspecified atom stereocenters. The first-order valence-corrected chi connectivity index (χ1v) is 5.13. The molecule has 0 amide bonds. The summed E-state index contributed by atoms with van der Waals surface area (Å²) < 4.78 is 25.9. The summed E-state index contributed by atoms with van der Waals surface area (Å²) in [5.41, 5.74) is 6.44. The van der Waals surface area contributed by atoms with Gasteiger partial charge in [0.1, 0.15) is 0 Å². The van der Waals surface area contributed by atoms with Crippen LogP contribution in [0.5, 0.6) is 0 Å². The van der Waals surface area contributed by atoms with E-state index in [-0.39, 0.29) is 11.0 Å². The average Bonchev–Trinajstić information content (AvgIpc) is 2.45. The Kier molecular flexibility index (Phi) is 2.90. The van der Waals surface area contributed by atoms with E-state index in [0.717, 1.165) is 0 Å². The second-order valence-corrected chi connectivity index (χ2v) is 4.04. The highest BCUT2D eigenvalue weighted by Crippen LogP contribution is 2.29. The molecule has 7 heteroatoms. The zero-order chi connectivity index (χ0) is 11.9. The zero-order valence-corrected chi connectivity index (χ0v) is 9.43. The highest BCUT2D eigenvalue weighted by molar-refractivity contribution is 6.42. The van der Waals surface area contributed by atoms with E-state index in [2.05, 4.69) is 4.98 Å².